The van der Waals surface area contributed by atoms with Gasteiger partial charge < -0.3 is 10.2 Å². The van der Waals surface area contributed by atoms with Gasteiger partial charge in [-0.2, -0.15) is 0 Å². The van der Waals surface area contributed by atoms with Gasteiger partial charge >= 0.3 is 0 Å². The molecule has 1 N–H and O–H groups in total. The predicted octanol–water partition coefficient (Wildman–Crippen LogP) is 3.17. The Morgan fingerprint density at radius 1 is 1.52 bits per heavy atom. The minimum atomic E-state index is 0. The third-order valence-electron chi connectivity index (χ3n) is 3.76. The Bertz CT molecular complexity index is 470. The number of hydrogen-bond acceptors (Lipinski definition) is 3. The van der Waals surface area contributed by atoms with E-state index in [-0.39, 0.29) is 24.0 Å². The molecule has 6 heteroatoms. The lowest BCUT2D eigenvalue weighted by molar-refractivity contribution is 0.370. The summed E-state index contributed by atoms with van der Waals surface area (Å²) in [5.41, 5.74) is 0.406. The molecule has 1 aromatic rings. The van der Waals surface area contributed by atoms with Crippen LogP contribution in [0.4, 0.5) is 0 Å². The van der Waals surface area contributed by atoms with Crippen molar-refractivity contribution in [1.82, 2.24) is 15.2 Å². The van der Waals surface area contributed by atoms with E-state index in [1.54, 1.807) is 0 Å². The predicted molar refractivity (Wildman–Crippen MR) is 102 cm³/mol. The smallest absolute Gasteiger partial charge is 0.193 e. The summed E-state index contributed by atoms with van der Waals surface area (Å²) >= 11 is 1.82. The lowest BCUT2D eigenvalue weighted by Gasteiger charge is -2.23. The normalized spacial score (nSPS) is 17.7. The van der Waals surface area contributed by atoms with E-state index in [0.29, 0.717) is 5.41 Å². The topological polar surface area (TPSA) is 40.5 Å². The van der Waals surface area contributed by atoms with Crippen molar-refractivity contribution in [3.05, 3.63) is 16.1 Å². The summed E-state index contributed by atoms with van der Waals surface area (Å²) in [5, 5.41) is 4.68. The van der Waals surface area contributed by atoms with Gasteiger partial charge in [-0.25, -0.2) is 4.98 Å². The highest BCUT2D eigenvalue weighted by atomic mass is 127. The van der Waals surface area contributed by atoms with Crippen molar-refractivity contribution in [3.63, 3.8) is 0 Å². The van der Waals surface area contributed by atoms with Gasteiger partial charge in [-0.3, -0.25) is 4.99 Å². The first-order valence-corrected chi connectivity index (χ1v) is 8.25. The molecule has 1 aromatic heterocycles. The average molecular weight is 422 g/mol. The summed E-state index contributed by atoms with van der Waals surface area (Å²) in [6, 6.07) is 0. The summed E-state index contributed by atoms with van der Waals surface area (Å²) in [4.78, 5) is 12.6. The van der Waals surface area contributed by atoms with E-state index in [9.17, 15) is 0 Å². The largest absolute Gasteiger partial charge is 0.356 e. The Morgan fingerprint density at radius 2 is 2.29 bits per heavy atom. The SMILES string of the molecule is CCc1cnc(CCNC(=NC)N2CCC(C)(C)C2)s1.I. The van der Waals surface area contributed by atoms with Crippen molar-refractivity contribution in [2.24, 2.45) is 10.4 Å². The third-order valence-corrected chi connectivity index (χ3v) is 4.96. The van der Waals surface area contributed by atoms with E-state index in [2.05, 4.69) is 41.0 Å². The molecule has 0 bridgehead atoms. The Balaban J connectivity index is 0.00000220. The number of nitrogens with one attached hydrogen (secondary N) is 1. The van der Waals surface area contributed by atoms with Gasteiger partial charge in [-0.1, -0.05) is 20.8 Å². The number of thiazole rings is 1. The van der Waals surface area contributed by atoms with Gasteiger partial charge in [0.1, 0.15) is 0 Å². The van der Waals surface area contributed by atoms with Crippen LogP contribution >= 0.6 is 35.3 Å². The molecular weight excluding hydrogens is 395 g/mol. The first kappa shape index (κ1) is 18.7. The summed E-state index contributed by atoms with van der Waals surface area (Å²) in [7, 11) is 1.87. The number of nitrogens with zero attached hydrogens (tertiary/aromatic N) is 3. The molecule has 0 radical (unpaired) electrons. The molecule has 4 nitrogen and oxygen atoms in total. The van der Waals surface area contributed by atoms with Gasteiger partial charge in [0.25, 0.3) is 0 Å². The molecule has 1 fully saturated rings. The number of hydrogen-bond donors (Lipinski definition) is 1. The molecular formula is C15H27IN4S. The van der Waals surface area contributed by atoms with E-state index < -0.39 is 0 Å². The minimum absolute atomic E-state index is 0. The van der Waals surface area contributed by atoms with Gasteiger partial charge in [0.15, 0.2) is 5.96 Å². The molecule has 0 saturated carbocycles. The lowest BCUT2D eigenvalue weighted by Crippen LogP contribution is -2.41. The van der Waals surface area contributed by atoms with Crippen LogP contribution in [0, 0.1) is 5.41 Å². The number of aryl methyl sites for hydroxylation is 1. The Labute approximate surface area is 149 Å². The molecule has 120 valence electrons. The fraction of sp³-hybridized carbons (Fsp3) is 0.733. The second-order valence-corrected chi connectivity index (χ2v) is 7.33. The van der Waals surface area contributed by atoms with Crippen LogP contribution in [0.25, 0.3) is 0 Å². The lowest BCUT2D eigenvalue weighted by atomic mass is 9.93. The van der Waals surface area contributed by atoms with Gasteiger partial charge in [-0.15, -0.1) is 35.3 Å². The van der Waals surface area contributed by atoms with Gasteiger partial charge in [0.2, 0.25) is 0 Å². The number of halogens is 1. The van der Waals surface area contributed by atoms with E-state index in [1.165, 1.54) is 16.3 Å². The maximum atomic E-state index is 4.46. The summed E-state index contributed by atoms with van der Waals surface area (Å²) < 4.78 is 0. The van der Waals surface area contributed by atoms with Crippen LogP contribution in [0.3, 0.4) is 0 Å². The molecule has 0 amide bonds. The molecule has 0 unspecified atom stereocenters. The molecule has 1 saturated heterocycles. The zero-order valence-corrected chi connectivity index (χ0v) is 16.6. The van der Waals surface area contributed by atoms with E-state index in [4.69, 9.17) is 0 Å². The van der Waals surface area contributed by atoms with Crippen LogP contribution in [0.5, 0.6) is 0 Å². The first-order chi connectivity index (χ1) is 9.54. The van der Waals surface area contributed by atoms with Crippen molar-refractivity contribution < 1.29 is 0 Å². The summed E-state index contributed by atoms with van der Waals surface area (Å²) in [5.74, 6) is 1.03. The van der Waals surface area contributed by atoms with Crippen LogP contribution in [0.15, 0.2) is 11.2 Å². The van der Waals surface area contributed by atoms with Gasteiger partial charge in [-0.05, 0) is 18.3 Å². The maximum absolute atomic E-state index is 4.46. The van der Waals surface area contributed by atoms with Crippen LogP contribution in [-0.4, -0.2) is 42.5 Å². The highest BCUT2D eigenvalue weighted by molar-refractivity contribution is 14.0. The third kappa shape index (κ3) is 5.39. The second-order valence-electron chi connectivity index (χ2n) is 6.13. The van der Waals surface area contributed by atoms with Crippen molar-refractivity contribution >= 4 is 41.3 Å². The van der Waals surface area contributed by atoms with E-state index in [0.717, 1.165) is 38.4 Å². The molecule has 21 heavy (non-hydrogen) atoms. The maximum Gasteiger partial charge on any atom is 0.193 e. The van der Waals surface area contributed by atoms with Crippen LogP contribution < -0.4 is 5.32 Å². The highest BCUT2D eigenvalue weighted by Crippen LogP contribution is 2.28. The van der Waals surface area contributed by atoms with Gasteiger partial charge in [0, 0.05) is 44.2 Å². The number of aromatic nitrogens is 1. The Kier molecular flexibility index (Phi) is 7.39. The number of rotatable bonds is 4. The monoisotopic (exact) mass is 422 g/mol. The summed E-state index contributed by atoms with van der Waals surface area (Å²) in [6.07, 6.45) is 5.29. The molecule has 1 aliphatic heterocycles. The fourth-order valence-corrected chi connectivity index (χ4v) is 3.40. The molecule has 2 heterocycles. The second kappa shape index (κ2) is 8.31. The molecule has 0 aromatic carbocycles. The van der Waals surface area contributed by atoms with E-state index >= 15 is 0 Å². The molecule has 0 aliphatic carbocycles. The molecule has 0 spiro atoms. The fourth-order valence-electron chi connectivity index (χ4n) is 2.53. The van der Waals surface area contributed by atoms with Crippen LogP contribution in [0.2, 0.25) is 0 Å². The van der Waals surface area contributed by atoms with Gasteiger partial charge in [0.05, 0.1) is 5.01 Å². The Hall–Kier alpha value is -0.370. The molecule has 2 rings (SSSR count). The number of aliphatic imine (C=N–C) groups is 1. The van der Waals surface area contributed by atoms with Crippen molar-refractivity contribution in [3.8, 4) is 0 Å². The highest BCUT2D eigenvalue weighted by Gasteiger charge is 2.30. The van der Waals surface area contributed by atoms with Crippen LogP contribution in [-0.2, 0) is 12.8 Å². The quantitative estimate of drug-likeness (QED) is 0.461. The number of likely N-dealkylation sites (tertiary alicyclic amines) is 1. The van der Waals surface area contributed by atoms with Crippen molar-refractivity contribution in [2.45, 2.75) is 40.0 Å². The average Bonchev–Trinajstić information content (AvgIpc) is 3.01. The zero-order chi connectivity index (χ0) is 14.6. The van der Waals surface area contributed by atoms with Crippen LogP contribution in [0.1, 0.15) is 37.1 Å². The Morgan fingerprint density at radius 3 is 2.81 bits per heavy atom. The minimum Gasteiger partial charge on any atom is -0.356 e. The van der Waals surface area contributed by atoms with E-state index in [1.807, 2.05) is 24.6 Å². The summed E-state index contributed by atoms with van der Waals surface area (Å²) in [6.45, 7) is 9.91. The van der Waals surface area contributed by atoms with Crippen molar-refractivity contribution in [1.29, 1.82) is 0 Å². The molecule has 1 aliphatic rings. The van der Waals surface area contributed by atoms with Crippen molar-refractivity contribution in [2.75, 3.05) is 26.7 Å². The first-order valence-electron chi connectivity index (χ1n) is 7.43. The molecule has 0 atom stereocenters. The standard InChI is InChI=1S/C15H26N4S.HI/c1-5-12-10-18-13(20-12)6-8-17-14(16-4)19-9-7-15(2,3)11-19;/h10H,5-9,11H2,1-4H3,(H,16,17);1H. The number of guanidine groups is 1. The zero-order valence-electron chi connectivity index (χ0n) is 13.5.